The van der Waals surface area contributed by atoms with Crippen LogP contribution in [-0.2, 0) is 22.9 Å². The Morgan fingerprint density at radius 3 is 2.65 bits per heavy atom. The van der Waals surface area contributed by atoms with Crippen LogP contribution in [0.3, 0.4) is 0 Å². The summed E-state index contributed by atoms with van der Waals surface area (Å²) in [5.41, 5.74) is 0.329. The molecule has 0 unspecified atom stereocenters. The highest BCUT2D eigenvalue weighted by atomic mass is 32.2. The van der Waals surface area contributed by atoms with Gasteiger partial charge in [0.25, 0.3) is 5.69 Å². The second-order valence-electron chi connectivity index (χ2n) is 6.15. The van der Waals surface area contributed by atoms with Crippen LogP contribution in [0.1, 0.15) is 43.5 Å². The summed E-state index contributed by atoms with van der Waals surface area (Å²) >= 11 is 0. The first-order chi connectivity index (χ1) is 12.3. The van der Waals surface area contributed by atoms with Gasteiger partial charge in [-0.1, -0.05) is 37.2 Å². The number of benzene rings is 1. The smallest absolute Gasteiger partial charge is 0.272 e. The van der Waals surface area contributed by atoms with Crippen molar-refractivity contribution < 1.29 is 17.9 Å². The highest BCUT2D eigenvalue weighted by Crippen LogP contribution is 2.18. The van der Waals surface area contributed by atoms with Crippen LogP contribution >= 0.6 is 0 Å². The molecule has 0 spiro atoms. The number of nitro benzene ring substituents is 1. The SMILES string of the molecule is CC(C)c1noc(CCCNS(=O)(=O)CCc2ccccc2[N+](=O)[O-])n1. The van der Waals surface area contributed by atoms with Gasteiger partial charge in [-0.05, 0) is 12.8 Å². The molecule has 1 aromatic carbocycles. The maximum absolute atomic E-state index is 12.1. The van der Waals surface area contributed by atoms with Gasteiger partial charge in [0.2, 0.25) is 15.9 Å². The lowest BCUT2D eigenvalue weighted by Crippen LogP contribution is -2.28. The van der Waals surface area contributed by atoms with Crippen molar-refractivity contribution in [3.05, 3.63) is 51.7 Å². The summed E-state index contributed by atoms with van der Waals surface area (Å²) in [5.74, 6) is 1.07. The van der Waals surface area contributed by atoms with Crippen molar-refractivity contribution >= 4 is 15.7 Å². The van der Waals surface area contributed by atoms with Crippen LogP contribution in [0.2, 0.25) is 0 Å². The quantitative estimate of drug-likeness (QED) is 0.379. The summed E-state index contributed by atoms with van der Waals surface area (Å²) in [6, 6.07) is 6.13. The average molecular weight is 382 g/mol. The van der Waals surface area contributed by atoms with Gasteiger partial charge in [0.05, 0.1) is 10.7 Å². The zero-order chi connectivity index (χ0) is 19.2. The van der Waals surface area contributed by atoms with Crippen molar-refractivity contribution in [1.29, 1.82) is 0 Å². The van der Waals surface area contributed by atoms with E-state index in [0.717, 1.165) is 0 Å². The lowest BCUT2D eigenvalue weighted by Gasteiger charge is -2.06. The third-order valence-corrected chi connectivity index (χ3v) is 5.10. The molecule has 10 heteroatoms. The molecule has 0 amide bonds. The lowest BCUT2D eigenvalue weighted by atomic mass is 10.1. The van der Waals surface area contributed by atoms with E-state index < -0.39 is 14.9 Å². The molecule has 2 aromatic rings. The Hall–Kier alpha value is -2.33. The summed E-state index contributed by atoms with van der Waals surface area (Å²) in [5, 5.41) is 14.8. The molecule has 2 rings (SSSR count). The second-order valence-corrected chi connectivity index (χ2v) is 8.08. The average Bonchev–Trinajstić information content (AvgIpc) is 3.06. The first-order valence-electron chi connectivity index (χ1n) is 8.30. The molecule has 0 saturated heterocycles. The number of sulfonamides is 1. The zero-order valence-electron chi connectivity index (χ0n) is 14.7. The normalized spacial score (nSPS) is 11.8. The van der Waals surface area contributed by atoms with Crippen LogP contribution in [0.25, 0.3) is 0 Å². The van der Waals surface area contributed by atoms with Crippen molar-refractivity contribution in [2.75, 3.05) is 12.3 Å². The molecule has 0 aliphatic rings. The summed E-state index contributed by atoms with van der Waals surface area (Å²) in [6.07, 6.45) is 1.07. The molecular formula is C16H22N4O5S. The molecule has 1 N–H and O–H groups in total. The van der Waals surface area contributed by atoms with Crippen LogP contribution in [0.4, 0.5) is 5.69 Å². The highest BCUT2D eigenvalue weighted by Gasteiger charge is 2.16. The van der Waals surface area contributed by atoms with E-state index in [0.29, 0.717) is 30.1 Å². The monoisotopic (exact) mass is 382 g/mol. The lowest BCUT2D eigenvalue weighted by molar-refractivity contribution is -0.385. The van der Waals surface area contributed by atoms with Crippen molar-refractivity contribution in [3.8, 4) is 0 Å². The van der Waals surface area contributed by atoms with E-state index in [9.17, 15) is 18.5 Å². The van der Waals surface area contributed by atoms with E-state index in [4.69, 9.17) is 4.52 Å². The van der Waals surface area contributed by atoms with Gasteiger partial charge in [-0.15, -0.1) is 0 Å². The van der Waals surface area contributed by atoms with Gasteiger partial charge in [-0.2, -0.15) is 4.98 Å². The van der Waals surface area contributed by atoms with Crippen molar-refractivity contribution in [2.24, 2.45) is 0 Å². The molecule has 142 valence electrons. The van der Waals surface area contributed by atoms with Gasteiger partial charge in [-0.3, -0.25) is 10.1 Å². The Kier molecular flexibility index (Phi) is 6.81. The van der Waals surface area contributed by atoms with Crippen LogP contribution < -0.4 is 4.72 Å². The third-order valence-electron chi connectivity index (χ3n) is 3.72. The van der Waals surface area contributed by atoms with Crippen LogP contribution in [-0.4, -0.2) is 35.8 Å². The Morgan fingerprint density at radius 2 is 2.00 bits per heavy atom. The first-order valence-corrected chi connectivity index (χ1v) is 9.96. The summed E-state index contributed by atoms with van der Waals surface area (Å²) in [4.78, 5) is 14.7. The number of nitro groups is 1. The predicted molar refractivity (Wildman–Crippen MR) is 95.3 cm³/mol. The van der Waals surface area contributed by atoms with E-state index in [-0.39, 0.29) is 30.3 Å². The maximum Gasteiger partial charge on any atom is 0.272 e. The molecule has 26 heavy (non-hydrogen) atoms. The standard InChI is InChI=1S/C16H22N4O5S/c1-12(2)16-18-15(25-19-16)8-5-10-17-26(23,24)11-9-13-6-3-4-7-14(13)20(21)22/h3-4,6-7,12,17H,5,8-11H2,1-2H3. The van der Waals surface area contributed by atoms with Crippen molar-refractivity contribution in [3.63, 3.8) is 0 Å². The summed E-state index contributed by atoms with van der Waals surface area (Å²) in [6.45, 7) is 4.15. The van der Waals surface area contributed by atoms with Gasteiger partial charge in [0, 0.05) is 30.5 Å². The Morgan fingerprint density at radius 1 is 1.27 bits per heavy atom. The zero-order valence-corrected chi connectivity index (χ0v) is 15.5. The number of rotatable bonds is 10. The van der Waals surface area contributed by atoms with Crippen molar-refractivity contribution in [1.82, 2.24) is 14.9 Å². The van der Waals surface area contributed by atoms with Crippen LogP contribution in [0.5, 0.6) is 0 Å². The van der Waals surface area contributed by atoms with Gasteiger partial charge >= 0.3 is 0 Å². The Labute approximate surface area is 152 Å². The minimum Gasteiger partial charge on any atom is -0.339 e. The van der Waals surface area contributed by atoms with E-state index in [1.165, 1.54) is 6.07 Å². The van der Waals surface area contributed by atoms with E-state index in [1.807, 2.05) is 13.8 Å². The third kappa shape index (κ3) is 5.88. The fourth-order valence-electron chi connectivity index (χ4n) is 2.29. The number of para-hydroxylation sites is 1. The van der Waals surface area contributed by atoms with Gasteiger partial charge in [0.15, 0.2) is 5.82 Å². The number of hydrogen-bond acceptors (Lipinski definition) is 7. The van der Waals surface area contributed by atoms with Crippen LogP contribution in [0, 0.1) is 10.1 Å². The molecule has 0 aliphatic carbocycles. The predicted octanol–water partition coefficient (Wildman–Crippen LogP) is 2.20. The number of aromatic nitrogens is 2. The summed E-state index contributed by atoms with van der Waals surface area (Å²) in [7, 11) is -3.52. The minimum atomic E-state index is -3.52. The molecule has 0 saturated carbocycles. The molecular weight excluding hydrogens is 360 g/mol. The Bertz CT molecular complexity index is 848. The Balaban J connectivity index is 1.79. The van der Waals surface area contributed by atoms with Gasteiger partial charge < -0.3 is 4.52 Å². The molecule has 0 fully saturated rings. The van der Waals surface area contributed by atoms with Gasteiger partial charge in [0.1, 0.15) is 0 Å². The maximum atomic E-state index is 12.1. The molecule has 1 aromatic heterocycles. The number of nitrogens with one attached hydrogen (secondary N) is 1. The largest absolute Gasteiger partial charge is 0.339 e. The molecule has 0 atom stereocenters. The van der Waals surface area contributed by atoms with E-state index >= 15 is 0 Å². The van der Waals surface area contributed by atoms with Crippen LogP contribution in [0.15, 0.2) is 28.8 Å². The fraction of sp³-hybridized carbons (Fsp3) is 0.500. The molecule has 0 aliphatic heterocycles. The molecule has 0 bridgehead atoms. The first kappa shape index (κ1) is 20.0. The molecule has 0 radical (unpaired) electrons. The van der Waals surface area contributed by atoms with E-state index in [2.05, 4.69) is 14.9 Å². The second kappa shape index (κ2) is 8.86. The number of aryl methyl sites for hydroxylation is 2. The highest BCUT2D eigenvalue weighted by molar-refractivity contribution is 7.89. The molecule has 1 heterocycles. The van der Waals surface area contributed by atoms with E-state index in [1.54, 1.807) is 18.2 Å². The topological polar surface area (TPSA) is 128 Å². The summed E-state index contributed by atoms with van der Waals surface area (Å²) < 4.78 is 31.7. The fourth-order valence-corrected chi connectivity index (χ4v) is 3.38. The van der Waals surface area contributed by atoms with Gasteiger partial charge in [-0.25, -0.2) is 13.1 Å². The minimum absolute atomic E-state index is 0.0694. The molecule has 9 nitrogen and oxygen atoms in total. The number of nitrogens with zero attached hydrogens (tertiary/aromatic N) is 3. The van der Waals surface area contributed by atoms with Crippen molar-refractivity contribution in [2.45, 2.75) is 39.0 Å². The number of hydrogen-bond donors (Lipinski definition) is 1.